The first kappa shape index (κ1) is 15.0. The fourth-order valence-corrected chi connectivity index (χ4v) is 2.49. The van der Waals surface area contributed by atoms with Crippen LogP contribution >= 0.6 is 0 Å². The molecular weight excluding hydrogens is 320 g/mol. The highest BCUT2D eigenvalue weighted by Crippen LogP contribution is 2.26. The zero-order valence-electron chi connectivity index (χ0n) is 12.5. The first-order chi connectivity index (χ1) is 11.7. The molecule has 0 N–H and O–H groups in total. The van der Waals surface area contributed by atoms with E-state index >= 15 is 0 Å². The zero-order chi connectivity index (χ0) is 16.5. The van der Waals surface area contributed by atoms with Crippen molar-refractivity contribution in [2.45, 2.75) is 6.10 Å². The third-order valence-corrected chi connectivity index (χ3v) is 3.63. The van der Waals surface area contributed by atoms with E-state index in [0.29, 0.717) is 42.9 Å². The number of nitrogens with zero attached hydrogens (tertiary/aromatic N) is 3. The molecule has 1 fully saturated rings. The summed E-state index contributed by atoms with van der Waals surface area (Å²) in [4.78, 5) is 4.44. The van der Waals surface area contributed by atoms with Gasteiger partial charge < -0.3 is 13.9 Å². The average Bonchev–Trinajstić information content (AvgIpc) is 3.27. The van der Waals surface area contributed by atoms with E-state index in [-0.39, 0.29) is 0 Å². The molecule has 1 aliphatic rings. The van der Waals surface area contributed by atoms with Gasteiger partial charge in [0, 0.05) is 6.07 Å². The van der Waals surface area contributed by atoms with E-state index in [2.05, 4.69) is 10.1 Å². The molecule has 6 nitrogen and oxygen atoms in total. The Morgan fingerprint density at radius 2 is 2.04 bits per heavy atom. The number of halogens is 2. The maximum atomic E-state index is 13.6. The molecule has 0 spiro atoms. The number of hydrogen-bond donors (Lipinski definition) is 0. The van der Waals surface area contributed by atoms with Crippen molar-refractivity contribution >= 4 is 0 Å². The standard InChI is InChI=1S/C16H13F2N3O3/c17-11-4-3-10(8-12(11)18)21-16(14-9-22-6-7-24-14)19-15(20-21)13-2-1-5-23-13/h1-5,8,14H,6-7,9H2. The van der Waals surface area contributed by atoms with Crippen molar-refractivity contribution in [2.24, 2.45) is 0 Å². The lowest BCUT2D eigenvalue weighted by molar-refractivity contribution is -0.0942. The number of aromatic nitrogens is 3. The molecule has 124 valence electrons. The monoisotopic (exact) mass is 333 g/mol. The molecule has 1 aliphatic heterocycles. The Labute approximate surface area is 135 Å². The van der Waals surface area contributed by atoms with Crippen molar-refractivity contribution in [1.29, 1.82) is 0 Å². The smallest absolute Gasteiger partial charge is 0.217 e. The number of furan rings is 1. The molecular formula is C16H13F2N3O3. The quantitative estimate of drug-likeness (QED) is 0.737. The van der Waals surface area contributed by atoms with Gasteiger partial charge in [-0.25, -0.2) is 18.4 Å². The van der Waals surface area contributed by atoms with E-state index in [9.17, 15) is 8.78 Å². The van der Waals surface area contributed by atoms with Crippen molar-refractivity contribution < 1.29 is 22.7 Å². The molecule has 1 aromatic carbocycles. The van der Waals surface area contributed by atoms with Gasteiger partial charge in [-0.1, -0.05) is 0 Å². The van der Waals surface area contributed by atoms with Crippen molar-refractivity contribution in [2.75, 3.05) is 19.8 Å². The summed E-state index contributed by atoms with van der Waals surface area (Å²) in [5, 5.41) is 4.36. The van der Waals surface area contributed by atoms with Crippen molar-refractivity contribution in [3.05, 3.63) is 54.1 Å². The highest BCUT2D eigenvalue weighted by atomic mass is 19.2. The molecule has 1 unspecified atom stereocenters. The van der Waals surface area contributed by atoms with Gasteiger partial charge >= 0.3 is 0 Å². The van der Waals surface area contributed by atoms with Crippen LogP contribution in [0.2, 0.25) is 0 Å². The highest BCUT2D eigenvalue weighted by molar-refractivity contribution is 5.47. The number of hydrogen-bond acceptors (Lipinski definition) is 5. The second-order valence-corrected chi connectivity index (χ2v) is 5.22. The Bertz CT molecular complexity index is 842. The van der Waals surface area contributed by atoms with Gasteiger partial charge in [-0.05, 0) is 24.3 Å². The first-order valence-electron chi connectivity index (χ1n) is 7.38. The third kappa shape index (κ3) is 2.70. The van der Waals surface area contributed by atoms with Gasteiger partial charge in [0.25, 0.3) is 0 Å². The minimum absolute atomic E-state index is 0.306. The maximum Gasteiger partial charge on any atom is 0.217 e. The zero-order valence-corrected chi connectivity index (χ0v) is 12.5. The minimum atomic E-state index is -0.964. The van der Waals surface area contributed by atoms with Gasteiger partial charge in [-0.3, -0.25) is 0 Å². The lowest BCUT2D eigenvalue weighted by Gasteiger charge is -2.22. The molecule has 8 heteroatoms. The van der Waals surface area contributed by atoms with Crippen LogP contribution in [0.5, 0.6) is 0 Å². The van der Waals surface area contributed by atoms with Crippen molar-refractivity contribution in [3.63, 3.8) is 0 Å². The minimum Gasteiger partial charge on any atom is -0.461 e. The lowest BCUT2D eigenvalue weighted by Crippen LogP contribution is -2.24. The van der Waals surface area contributed by atoms with E-state index in [1.807, 2.05) is 0 Å². The average molecular weight is 333 g/mol. The summed E-state index contributed by atoms with van der Waals surface area (Å²) in [5.41, 5.74) is 0.336. The molecule has 1 atom stereocenters. The SMILES string of the molecule is Fc1ccc(-n2nc(-c3ccco3)nc2C2COCCO2)cc1F. The summed E-state index contributed by atoms with van der Waals surface area (Å²) in [5.74, 6) is -0.659. The van der Waals surface area contributed by atoms with Crippen molar-refractivity contribution in [3.8, 4) is 17.3 Å². The van der Waals surface area contributed by atoms with Gasteiger partial charge in [0.15, 0.2) is 23.2 Å². The number of ether oxygens (including phenoxy) is 2. The largest absolute Gasteiger partial charge is 0.461 e. The highest BCUT2D eigenvalue weighted by Gasteiger charge is 2.26. The number of rotatable bonds is 3. The fraction of sp³-hybridized carbons (Fsp3) is 0.250. The Morgan fingerprint density at radius 1 is 1.12 bits per heavy atom. The van der Waals surface area contributed by atoms with Crippen LogP contribution in [0.1, 0.15) is 11.9 Å². The van der Waals surface area contributed by atoms with Crippen LogP contribution in [-0.2, 0) is 9.47 Å². The van der Waals surface area contributed by atoms with E-state index in [1.165, 1.54) is 17.0 Å². The summed E-state index contributed by atoms with van der Waals surface area (Å²) in [6.45, 7) is 1.23. The number of benzene rings is 1. The molecule has 0 bridgehead atoms. The van der Waals surface area contributed by atoms with E-state index in [4.69, 9.17) is 13.9 Å². The van der Waals surface area contributed by atoms with Gasteiger partial charge in [-0.2, -0.15) is 0 Å². The van der Waals surface area contributed by atoms with E-state index < -0.39 is 17.7 Å². The van der Waals surface area contributed by atoms with E-state index in [1.54, 1.807) is 12.1 Å². The van der Waals surface area contributed by atoms with Crippen LogP contribution in [0.15, 0.2) is 41.0 Å². The molecule has 0 radical (unpaired) electrons. The van der Waals surface area contributed by atoms with Crippen molar-refractivity contribution in [1.82, 2.24) is 14.8 Å². The summed E-state index contributed by atoms with van der Waals surface area (Å²) in [6, 6.07) is 6.95. The van der Waals surface area contributed by atoms with Gasteiger partial charge in [0.1, 0.15) is 6.10 Å². The predicted octanol–water partition coefficient (Wildman–Crippen LogP) is 2.89. The Hall–Kier alpha value is -2.58. The fourth-order valence-electron chi connectivity index (χ4n) is 2.49. The molecule has 0 saturated carbocycles. The second-order valence-electron chi connectivity index (χ2n) is 5.22. The summed E-state index contributed by atoms with van der Waals surface area (Å²) >= 11 is 0. The first-order valence-corrected chi connectivity index (χ1v) is 7.38. The van der Waals surface area contributed by atoms with Crippen LogP contribution in [0.25, 0.3) is 17.3 Å². The normalized spacial score (nSPS) is 18.0. The van der Waals surface area contributed by atoms with Gasteiger partial charge in [0.2, 0.25) is 5.82 Å². The Kier molecular flexibility index (Phi) is 3.83. The van der Waals surface area contributed by atoms with E-state index in [0.717, 1.165) is 12.1 Å². The van der Waals surface area contributed by atoms with Crippen LogP contribution in [0, 0.1) is 11.6 Å². The summed E-state index contributed by atoms with van der Waals surface area (Å²) in [7, 11) is 0. The molecule has 3 aromatic rings. The Balaban J connectivity index is 1.82. The second kappa shape index (κ2) is 6.14. The molecule has 1 saturated heterocycles. The van der Waals surface area contributed by atoms with Gasteiger partial charge in [0.05, 0.1) is 31.8 Å². The van der Waals surface area contributed by atoms with Gasteiger partial charge in [-0.15, -0.1) is 5.10 Å². The molecule has 4 rings (SSSR count). The predicted molar refractivity (Wildman–Crippen MR) is 78.5 cm³/mol. The third-order valence-electron chi connectivity index (χ3n) is 3.63. The molecule has 0 amide bonds. The molecule has 24 heavy (non-hydrogen) atoms. The molecule has 0 aliphatic carbocycles. The maximum absolute atomic E-state index is 13.6. The molecule has 3 heterocycles. The van der Waals surface area contributed by atoms with Crippen LogP contribution in [0.3, 0.4) is 0 Å². The lowest BCUT2D eigenvalue weighted by atomic mass is 10.2. The summed E-state index contributed by atoms with van der Waals surface area (Å²) in [6.07, 6.45) is 1.05. The molecule has 2 aromatic heterocycles. The van der Waals surface area contributed by atoms with Crippen LogP contribution in [0.4, 0.5) is 8.78 Å². The topological polar surface area (TPSA) is 62.3 Å². The Morgan fingerprint density at radius 3 is 2.75 bits per heavy atom. The van der Waals surface area contributed by atoms with Crippen LogP contribution < -0.4 is 0 Å². The van der Waals surface area contributed by atoms with Crippen LogP contribution in [-0.4, -0.2) is 34.6 Å². The summed E-state index contributed by atoms with van der Waals surface area (Å²) < 4.78 is 44.6.